The second kappa shape index (κ2) is 9.94. The predicted octanol–water partition coefficient (Wildman–Crippen LogP) is 2.29. The molecule has 0 aromatic heterocycles. The van der Waals surface area contributed by atoms with Gasteiger partial charge in [0, 0.05) is 38.8 Å². The van der Waals surface area contributed by atoms with Crippen LogP contribution in [0.1, 0.15) is 25.3 Å². The summed E-state index contributed by atoms with van der Waals surface area (Å²) in [6.07, 6.45) is 1.75. The van der Waals surface area contributed by atoms with Gasteiger partial charge in [0.05, 0.1) is 6.61 Å². The highest BCUT2D eigenvalue weighted by Gasteiger charge is 2.23. The van der Waals surface area contributed by atoms with Gasteiger partial charge in [-0.1, -0.05) is 6.07 Å². The normalized spacial score (nSPS) is 15.7. The smallest absolute Gasteiger partial charge is 0.409 e. The number of carbonyl (C=O) groups is 1. The summed E-state index contributed by atoms with van der Waals surface area (Å²) in [5.41, 5.74) is 0.456. The van der Waals surface area contributed by atoms with Gasteiger partial charge in [0.2, 0.25) is 0 Å². The maximum atomic E-state index is 13.6. The van der Waals surface area contributed by atoms with Crippen molar-refractivity contribution in [3.8, 4) is 0 Å². The van der Waals surface area contributed by atoms with Gasteiger partial charge in [-0.05, 0) is 37.8 Å². The SMILES string of the molecule is CCOC(=O)N1CCC(NC(=NC)NCCc2ccc(F)cc2F)CC1. The summed E-state index contributed by atoms with van der Waals surface area (Å²) < 4.78 is 31.6. The minimum absolute atomic E-state index is 0.203. The fraction of sp³-hybridized carbons (Fsp3) is 0.556. The van der Waals surface area contributed by atoms with Crippen molar-refractivity contribution >= 4 is 12.1 Å². The Hall–Kier alpha value is -2.38. The minimum atomic E-state index is -0.578. The van der Waals surface area contributed by atoms with Crippen molar-refractivity contribution < 1.29 is 18.3 Å². The Kier molecular flexibility index (Phi) is 7.62. The molecule has 1 heterocycles. The first-order chi connectivity index (χ1) is 12.5. The predicted molar refractivity (Wildman–Crippen MR) is 96.2 cm³/mol. The standard InChI is InChI=1S/C18H26F2N4O2/c1-3-26-18(25)24-10-7-15(8-11-24)23-17(21-2)22-9-6-13-4-5-14(19)12-16(13)20/h4-5,12,15H,3,6-11H2,1-2H3,(H2,21,22,23). The molecule has 1 amide bonds. The Morgan fingerprint density at radius 2 is 2.08 bits per heavy atom. The second-order valence-electron chi connectivity index (χ2n) is 6.09. The van der Waals surface area contributed by atoms with E-state index in [1.807, 2.05) is 0 Å². The molecule has 6 nitrogen and oxygen atoms in total. The number of halogens is 2. The Morgan fingerprint density at radius 1 is 1.35 bits per heavy atom. The number of carbonyl (C=O) groups excluding carboxylic acids is 1. The maximum Gasteiger partial charge on any atom is 0.409 e. The third kappa shape index (κ3) is 5.86. The lowest BCUT2D eigenvalue weighted by Gasteiger charge is -2.32. The molecule has 0 saturated carbocycles. The summed E-state index contributed by atoms with van der Waals surface area (Å²) in [6.45, 7) is 3.91. The molecule has 1 aliphatic rings. The van der Waals surface area contributed by atoms with Crippen molar-refractivity contribution in [2.24, 2.45) is 4.99 Å². The molecular weight excluding hydrogens is 342 g/mol. The fourth-order valence-corrected chi connectivity index (χ4v) is 2.85. The van der Waals surface area contributed by atoms with Crippen molar-refractivity contribution in [3.63, 3.8) is 0 Å². The number of guanidine groups is 1. The van der Waals surface area contributed by atoms with Gasteiger partial charge in [-0.3, -0.25) is 4.99 Å². The van der Waals surface area contributed by atoms with E-state index in [0.717, 1.165) is 18.9 Å². The van der Waals surface area contributed by atoms with Crippen LogP contribution in [-0.4, -0.2) is 56.3 Å². The first kappa shape index (κ1) is 19.9. The zero-order chi connectivity index (χ0) is 18.9. The molecule has 1 fully saturated rings. The van der Waals surface area contributed by atoms with Crippen LogP contribution in [-0.2, 0) is 11.2 Å². The first-order valence-electron chi connectivity index (χ1n) is 8.86. The lowest BCUT2D eigenvalue weighted by molar-refractivity contribution is 0.0963. The van der Waals surface area contributed by atoms with E-state index in [-0.39, 0.29) is 12.1 Å². The zero-order valence-electron chi connectivity index (χ0n) is 15.2. The van der Waals surface area contributed by atoms with E-state index in [4.69, 9.17) is 4.74 Å². The van der Waals surface area contributed by atoms with Crippen LogP contribution in [0.25, 0.3) is 0 Å². The molecule has 0 bridgehead atoms. The number of rotatable bonds is 5. The molecule has 144 valence electrons. The third-order valence-corrected chi connectivity index (χ3v) is 4.29. The van der Waals surface area contributed by atoms with Gasteiger partial charge in [-0.15, -0.1) is 0 Å². The molecule has 0 unspecified atom stereocenters. The van der Waals surface area contributed by atoms with Gasteiger partial charge in [0.15, 0.2) is 5.96 Å². The molecule has 2 N–H and O–H groups in total. The average molecular weight is 368 g/mol. The van der Waals surface area contributed by atoms with E-state index in [2.05, 4.69) is 15.6 Å². The van der Waals surface area contributed by atoms with Crippen LogP contribution in [0, 0.1) is 11.6 Å². The Bertz CT molecular complexity index is 632. The number of nitrogens with one attached hydrogen (secondary N) is 2. The summed E-state index contributed by atoms with van der Waals surface area (Å²) >= 11 is 0. The van der Waals surface area contributed by atoms with E-state index >= 15 is 0 Å². The fourth-order valence-electron chi connectivity index (χ4n) is 2.85. The van der Waals surface area contributed by atoms with Crippen molar-refractivity contribution in [1.82, 2.24) is 15.5 Å². The molecule has 0 radical (unpaired) electrons. The Morgan fingerprint density at radius 3 is 2.69 bits per heavy atom. The monoisotopic (exact) mass is 368 g/mol. The zero-order valence-corrected chi connectivity index (χ0v) is 15.2. The lowest BCUT2D eigenvalue weighted by atomic mass is 10.1. The van der Waals surface area contributed by atoms with E-state index in [1.165, 1.54) is 12.1 Å². The number of ether oxygens (including phenoxy) is 1. The quantitative estimate of drug-likeness (QED) is 0.618. The average Bonchev–Trinajstić information content (AvgIpc) is 2.63. The molecule has 1 aromatic carbocycles. The first-order valence-corrected chi connectivity index (χ1v) is 8.86. The molecule has 2 rings (SSSR count). The maximum absolute atomic E-state index is 13.6. The van der Waals surface area contributed by atoms with Gasteiger partial charge in [0.25, 0.3) is 0 Å². The molecule has 0 spiro atoms. The van der Waals surface area contributed by atoms with Crippen LogP contribution in [0.2, 0.25) is 0 Å². The Labute approximate surface area is 152 Å². The number of benzene rings is 1. The van der Waals surface area contributed by atoms with Gasteiger partial charge in [0.1, 0.15) is 11.6 Å². The van der Waals surface area contributed by atoms with Crippen molar-refractivity contribution in [2.75, 3.05) is 33.3 Å². The lowest BCUT2D eigenvalue weighted by Crippen LogP contribution is -2.50. The van der Waals surface area contributed by atoms with Crippen LogP contribution in [0.3, 0.4) is 0 Å². The van der Waals surface area contributed by atoms with E-state index in [9.17, 15) is 13.6 Å². The van der Waals surface area contributed by atoms with Crippen LogP contribution in [0.4, 0.5) is 13.6 Å². The summed E-state index contributed by atoms with van der Waals surface area (Å²) in [5, 5.41) is 6.45. The van der Waals surface area contributed by atoms with Gasteiger partial charge in [-0.25, -0.2) is 13.6 Å². The number of hydrogen-bond acceptors (Lipinski definition) is 3. The van der Waals surface area contributed by atoms with Crippen LogP contribution in [0.15, 0.2) is 23.2 Å². The van der Waals surface area contributed by atoms with Crippen molar-refractivity contribution in [1.29, 1.82) is 0 Å². The highest BCUT2D eigenvalue weighted by Crippen LogP contribution is 2.12. The molecule has 0 atom stereocenters. The van der Waals surface area contributed by atoms with E-state index < -0.39 is 11.6 Å². The van der Waals surface area contributed by atoms with Gasteiger partial charge >= 0.3 is 6.09 Å². The summed E-state index contributed by atoms with van der Waals surface area (Å²) in [5.74, 6) is -0.492. The molecule has 1 aromatic rings. The highest BCUT2D eigenvalue weighted by molar-refractivity contribution is 5.80. The summed E-state index contributed by atoms with van der Waals surface area (Å²) in [6, 6.07) is 3.80. The largest absolute Gasteiger partial charge is 0.450 e. The number of hydrogen-bond donors (Lipinski definition) is 2. The molecule has 8 heteroatoms. The third-order valence-electron chi connectivity index (χ3n) is 4.29. The molecule has 0 aliphatic carbocycles. The van der Waals surface area contributed by atoms with Gasteiger partial charge in [-0.2, -0.15) is 0 Å². The van der Waals surface area contributed by atoms with E-state index in [0.29, 0.717) is 44.2 Å². The number of nitrogens with zero attached hydrogens (tertiary/aromatic N) is 2. The Balaban J connectivity index is 1.74. The van der Waals surface area contributed by atoms with Crippen molar-refractivity contribution in [3.05, 3.63) is 35.4 Å². The van der Waals surface area contributed by atoms with Crippen LogP contribution >= 0.6 is 0 Å². The number of likely N-dealkylation sites (tertiary alicyclic amines) is 1. The van der Waals surface area contributed by atoms with Crippen molar-refractivity contribution in [2.45, 2.75) is 32.2 Å². The molecule has 1 aliphatic heterocycles. The second-order valence-corrected chi connectivity index (χ2v) is 6.09. The topological polar surface area (TPSA) is 66.0 Å². The number of piperidine rings is 1. The number of aliphatic imine (C=N–C) groups is 1. The molecule has 26 heavy (non-hydrogen) atoms. The van der Waals surface area contributed by atoms with Crippen LogP contribution in [0.5, 0.6) is 0 Å². The number of amides is 1. The summed E-state index contributed by atoms with van der Waals surface area (Å²) in [7, 11) is 1.67. The minimum Gasteiger partial charge on any atom is -0.450 e. The molecule has 1 saturated heterocycles. The molecular formula is C18H26F2N4O2. The summed E-state index contributed by atoms with van der Waals surface area (Å²) in [4.78, 5) is 17.6. The van der Waals surface area contributed by atoms with Crippen LogP contribution < -0.4 is 10.6 Å². The van der Waals surface area contributed by atoms with E-state index in [1.54, 1.807) is 18.9 Å². The van der Waals surface area contributed by atoms with Gasteiger partial charge < -0.3 is 20.3 Å². The highest BCUT2D eigenvalue weighted by atomic mass is 19.1.